The van der Waals surface area contributed by atoms with Crippen LogP contribution in [0.15, 0.2) is 22.7 Å². The molecule has 4 bridgehead atoms. The Labute approximate surface area is 319 Å². The monoisotopic (exact) mass is 809 g/mol. The maximum atomic E-state index is 14.5. The fourth-order valence-electron chi connectivity index (χ4n) is 10.9. The quantitative estimate of drug-likeness (QED) is 0.245. The Kier molecular flexibility index (Phi) is 9.81. The molecule has 8 fully saturated rings. The minimum Gasteiger partial charge on any atom is -0.456 e. The van der Waals surface area contributed by atoms with Gasteiger partial charge in [-0.1, -0.05) is 13.8 Å². The molecule has 0 aromatic carbocycles. The van der Waals surface area contributed by atoms with E-state index in [1.54, 1.807) is 13.8 Å². The van der Waals surface area contributed by atoms with E-state index in [2.05, 4.69) is 10.6 Å². The van der Waals surface area contributed by atoms with Gasteiger partial charge in [-0.2, -0.15) is 26.3 Å². The van der Waals surface area contributed by atoms with E-state index in [4.69, 9.17) is 38.5 Å². The summed E-state index contributed by atoms with van der Waals surface area (Å²) in [5.41, 5.74) is -3.06. The van der Waals surface area contributed by atoms with E-state index in [0.717, 1.165) is 0 Å². The number of ether oxygens (including phenoxy) is 4. The maximum Gasteiger partial charge on any atom is 0.449 e. The highest BCUT2D eigenvalue weighted by Gasteiger charge is 2.72. The molecule has 0 aromatic heterocycles. The fraction of sp³-hybridized carbons (Fsp3) is 0.838. The summed E-state index contributed by atoms with van der Waals surface area (Å²) in [6.45, 7) is 5.40. The average molecular weight is 810 g/mol. The van der Waals surface area contributed by atoms with Crippen LogP contribution < -0.4 is 10.6 Å². The number of rotatable bonds is 8. The molecule has 10 aliphatic rings. The van der Waals surface area contributed by atoms with Crippen molar-refractivity contribution in [3.8, 4) is 0 Å². The van der Waals surface area contributed by atoms with Gasteiger partial charge in [0.1, 0.15) is 0 Å². The van der Waals surface area contributed by atoms with E-state index in [1.807, 2.05) is 13.8 Å². The zero-order chi connectivity index (χ0) is 40.2. The van der Waals surface area contributed by atoms with E-state index >= 15 is 0 Å². The molecule has 8 heterocycles. The lowest BCUT2D eigenvalue weighted by Crippen LogP contribution is -2.67. The SMILES string of the molecule is C[C@@H]1CC[C@H]2C(CNC(=O)CN(C)CC(=O)NCC3=C(C(F)(F)F)O[C@@H]4O[C@]5(C)CC[C@H]6[C@H](C)CC[C@@H]3[C@@]46OO5)=C(C(F)(F)F)O[C@@H]3O[C@@]4(C)CC[C@@H]1[C@]32OO4. The van der Waals surface area contributed by atoms with Gasteiger partial charge >= 0.3 is 12.4 Å². The lowest BCUT2D eigenvalue weighted by atomic mass is 9.59. The molecule has 2 spiro atoms. The molecule has 8 aliphatic heterocycles. The summed E-state index contributed by atoms with van der Waals surface area (Å²) < 4.78 is 110. The minimum absolute atomic E-state index is 0.0849. The summed E-state index contributed by atoms with van der Waals surface area (Å²) in [6.07, 6.45) is -8.68. The van der Waals surface area contributed by atoms with Gasteiger partial charge in [0.25, 0.3) is 0 Å². The number of nitrogens with zero attached hydrogens (tertiary/aromatic N) is 1. The predicted octanol–water partition coefficient (Wildman–Crippen LogP) is 5.28. The van der Waals surface area contributed by atoms with Crippen molar-refractivity contribution in [1.29, 1.82) is 0 Å². The number of alkyl halides is 6. The van der Waals surface area contributed by atoms with Crippen LogP contribution in [0.25, 0.3) is 0 Å². The van der Waals surface area contributed by atoms with Crippen LogP contribution >= 0.6 is 0 Å². The van der Waals surface area contributed by atoms with Gasteiger partial charge < -0.3 is 29.6 Å². The van der Waals surface area contributed by atoms with Gasteiger partial charge in [-0.25, -0.2) is 19.6 Å². The molecular formula is C37H49F6N3O10. The number of fused-ring (bicyclic) bond motifs is 4. The molecule has 13 nitrogen and oxygen atoms in total. The van der Waals surface area contributed by atoms with Crippen molar-refractivity contribution in [2.45, 2.75) is 127 Å². The van der Waals surface area contributed by atoms with Crippen molar-refractivity contribution >= 4 is 11.8 Å². The van der Waals surface area contributed by atoms with Crippen LogP contribution in [0.5, 0.6) is 0 Å². The first kappa shape index (κ1) is 40.1. The third kappa shape index (κ3) is 6.51. The normalized spacial score (nSPS) is 42.9. The largest absolute Gasteiger partial charge is 0.456 e. The number of likely N-dealkylation sites (N-methyl/N-ethyl adjacent to an activating group) is 1. The Hall–Kier alpha value is -2.68. The number of nitrogens with one attached hydrogen (secondary N) is 2. The van der Waals surface area contributed by atoms with Crippen LogP contribution in [-0.4, -0.2) is 97.6 Å². The number of allylic oxidation sites excluding steroid dienone is 2. The Bertz CT molecular complexity index is 1560. The number of amides is 2. The third-order valence-corrected chi connectivity index (χ3v) is 13.6. The second kappa shape index (κ2) is 13.7. The van der Waals surface area contributed by atoms with Crippen LogP contribution in [0.1, 0.15) is 79.1 Å². The second-order valence-corrected chi connectivity index (χ2v) is 17.4. The van der Waals surface area contributed by atoms with Crippen LogP contribution in [0.3, 0.4) is 0 Å². The van der Waals surface area contributed by atoms with Gasteiger partial charge in [0, 0.05) is 60.7 Å². The van der Waals surface area contributed by atoms with Crippen LogP contribution in [0.2, 0.25) is 0 Å². The molecule has 0 unspecified atom stereocenters. The highest BCUT2D eigenvalue weighted by atomic mass is 19.4. The number of carbonyl (C=O) groups is 2. The summed E-state index contributed by atoms with van der Waals surface area (Å²) in [7, 11) is 1.43. The Balaban J connectivity index is 0.933. The van der Waals surface area contributed by atoms with Crippen LogP contribution in [0, 0.1) is 35.5 Å². The molecule has 0 aromatic rings. The van der Waals surface area contributed by atoms with E-state index in [-0.39, 0.29) is 34.8 Å². The summed E-state index contributed by atoms with van der Waals surface area (Å²) in [4.78, 5) is 50.9. The van der Waals surface area contributed by atoms with E-state index in [1.165, 1.54) is 11.9 Å². The van der Waals surface area contributed by atoms with Gasteiger partial charge in [0.2, 0.25) is 47.5 Å². The van der Waals surface area contributed by atoms with Crippen LogP contribution in [-0.2, 0) is 48.1 Å². The molecule has 56 heavy (non-hydrogen) atoms. The standard InChI is InChI=1S/C37H49F6N3O10/c1-18-6-8-24-20(28(36(38,39)40)49-30-34(24)22(18)10-12-32(3,51-30)53-55-34)14-44-26(47)16-46(5)17-27(48)45-15-21-25-9-7-19(2)23-11-13-33(4)52-31(35(23,25)56-54-33)50-29(21)37(41,42)43/h18-19,22-25,30-31H,6-17H2,1-5H3,(H,44,47)(H,45,48)/t18-,19-,22+,23+,24+,25+,30-,31-,32-,33+,34-,35-/m1/s1. The predicted molar refractivity (Wildman–Crippen MR) is 177 cm³/mol. The second-order valence-electron chi connectivity index (χ2n) is 17.4. The highest BCUT2D eigenvalue weighted by Crippen LogP contribution is 2.63. The molecule has 12 atom stereocenters. The van der Waals surface area contributed by atoms with Crippen molar-refractivity contribution in [3.05, 3.63) is 22.7 Å². The summed E-state index contributed by atoms with van der Waals surface area (Å²) in [5, 5.41) is 5.11. The summed E-state index contributed by atoms with van der Waals surface area (Å²) >= 11 is 0. The fourth-order valence-corrected chi connectivity index (χ4v) is 10.9. The molecular weight excluding hydrogens is 760 g/mol. The molecule has 2 N–H and O–H groups in total. The van der Waals surface area contributed by atoms with E-state index in [9.17, 15) is 35.9 Å². The van der Waals surface area contributed by atoms with Crippen molar-refractivity contribution in [3.63, 3.8) is 0 Å². The number of carbonyl (C=O) groups excluding carboxylic acids is 2. The van der Waals surface area contributed by atoms with Crippen molar-refractivity contribution in [1.82, 2.24) is 15.5 Å². The lowest BCUT2D eigenvalue weighted by molar-refractivity contribution is -0.557. The molecule has 10 rings (SSSR count). The first-order valence-electron chi connectivity index (χ1n) is 19.4. The first-order chi connectivity index (χ1) is 26.2. The smallest absolute Gasteiger partial charge is 0.449 e. The topological polar surface area (TPSA) is 135 Å². The third-order valence-electron chi connectivity index (χ3n) is 13.6. The van der Waals surface area contributed by atoms with E-state index in [0.29, 0.717) is 51.4 Å². The molecule has 2 amide bonds. The Morgan fingerprint density at radius 3 is 1.43 bits per heavy atom. The molecule has 19 heteroatoms. The van der Waals surface area contributed by atoms with Crippen molar-refractivity contribution in [2.75, 3.05) is 33.2 Å². The Morgan fingerprint density at radius 2 is 1.05 bits per heavy atom. The first-order valence-corrected chi connectivity index (χ1v) is 19.4. The highest BCUT2D eigenvalue weighted by molar-refractivity contribution is 5.81. The summed E-state index contributed by atoms with van der Waals surface area (Å²) in [5.74, 6) is -8.35. The van der Waals surface area contributed by atoms with Gasteiger partial charge in [-0.05, 0) is 71.3 Å². The van der Waals surface area contributed by atoms with Gasteiger partial charge in [0.05, 0.1) is 13.1 Å². The van der Waals surface area contributed by atoms with Gasteiger partial charge in [0.15, 0.2) is 11.2 Å². The van der Waals surface area contributed by atoms with Gasteiger partial charge in [-0.3, -0.25) is 14.5 Å². The van der Waals surface area contributed by atoms with E-state index < -0.39 is 109 Å². The average Bonchev–Trinajstić information content (AvgIpc) is 3.48. The molecule has 2 aliphatic carbocycles. The van der Waals surface area contributed by atoms with Gasteiger partial charge in [-0.15, -0.1) is 0 Å². The maximum absolute atomic E-state index is 14.5. The Morgan fingerprint density at radius 1 is 0.661 bits per heavy atom. The minimum atomic E-state index is -4.89. The number of halogens is 6. The zero-order valence-electron chi connectivity index (χ0n) is 31.9. The van der Waals surface area contributed by atoms with Crippen LogP contribution in [0.4, 0.5) is 26.3 Å². The molecule has 0 radical (unpaired) electrons. The lowest BCUT2D eigenvalue weighted by Gasteiger charge is -2.57. The molecule has 2 saturated carbocycles. The van der Waals surface area contributed by atoms with Crippen molar-refractivity contribution < 1.29 is 74.4 Å². The van der Waals surface area contributed by atoms with Crippen molar-refractivity contribution in [2.24, 2.45) is 35.5 Å². The zero-order valence-corrected chi connectivity index (χ0v) is 31.9. The summed E-state index contributed by atoms with van der Waals surface area (Å²) in [6, 6.07) is 0. The molecule has 314 valence electrons. The number of hydrogen-bond acceptors (Lipinski definition) is 11. The molecule has 6 saturated heterocycles. The number of hydrogen-bond donors (Lipinski definition) is 2.